The Morgan fingerprint density at radius 2 is 1.93 bits per heavy atom. The molecule has 12 heteroatoms. The average Bonchev–Trinajstić information content (AvgIpc) is 2.98. The monoisotopic (exact) mass is 445 g/mol. The summed E-state index contributed by atoms with van der Waals surface area (Å²) in [6.45, 7) is 2.60. The zero-order valence-corrected chi connectivity index (χ0v) is 16.4. The van der Waals surface area contributed by atoms with Gasteiger partial charge in [-0.25, -0.2) is 0 Å². The van der Waals surface area contributed by atoms with Crippen LogP contribution in [0.2, 0.25) is 0 Å². The molecule has 30 heavy (non-hydrogen) atoms. The molecule has 0 aliphatic carbocycles. The molecular formula is C18H20N3NaO7S. The fourth-order valence-electron chi connectivity index (χ4n) is 3.62. The van der Waals surface area contributed by atoms with Gasteiger partial charge in [0.05, 0.1) is 11.6 Å². The molecule has 0 fully saturated rings. The van der Waals surface area contributed by atoms with Crippen LogP contribution in [0, 0.1) is 6.92 Å². The summed E-state index contributed by atoms with van der Waals surface area (Å²) < 4.78 is 34.6. The van der Waals surface area contributed by atoms with E-state index in [1.54, 1.807) is 0 Å². The van der Waals surface area contributed by atoms with E-state index >= 15 is 0 Å². The standard InChI is InChI=1S/C18H19N3O7S.Na.H/c1-9-3-5-12-15(16(9)24)21(10(2)22)18(29(26,27)28)13-7-11(4-6-14(19)23)8-20(13)17(12)25;;/h3-6,8,13,18,24H,7H2,1-2H3,(H2,19,23)(H,26,27,28);;/b6-4+;;. The van der Waals surface area contributed by atoms with Crippen LogP contribution in [0.25, 0.3) is 0 Å². The summed E-state index contributed by atoms with van der Waals surface area (Å²) in [5, 5.41) is 8.66. The third-order valence-corrected chi connectivity index (χ3v) is 5.99. The fraction of sp³-hybridized carbons (Fsp3) is 0.278. The summed E-state index contributed by atoms with van der Waals surface area (Å²) in [5.41, 5.74) is 5.42. The van der Waals surface area contributed by atoms with Gasteiger partial charge in [0.1, 0.15) is 11.4 Å². The molecule has 3 rings (SSSR count). The molecule has 3 amide bonds. The van der Waals surface area contributed by atoms with E-state index in [-0.39, 0.29) is 47.2 Å². The predicted octanol–water partition coefficient (Wildman–Crippen LogP) is -0.228. The number of primary amides is 1. The molecule has 1 aromatic carbocycles. The van der Waals surface area contributed by atoms with E-state index in [0.717, 1.165) is 22.8 Å². The van der Waals surface area contributed by atoms with Crippen LogP contribution < -0.4 is 10.6 Å². The van der Waals surface area contributed by atoms with Crippen LogP contribution in [0.15, 0.2) is 36.1 Å². The predicted molar refractivity (Wildman–Crippen MR) is 109 cm³/mol. The number of amides is 3. The van der Waals surface area contributed by atoms with Crippen molar-refractivity contribution in [1.29, 1.82) is 0 Å². The van der Waals surface area contributed by atoms with Crippen LogP contribution in [0.4, 0.5) is 5.69 Å². The zero-order chi connectivity index (χ0) is 21.7. The number of phenols is 1. The van der Waals surface area contributed by atoms with Gasteiger partial charge >= 0.3 is 29.6 Å². The number of aromatic hydroxyl groups is 1. The van der Waals surface area contributed by atoms with Gasteiger partial charge in [0.15, 0.2) is 5.37 Å². The number of anilines is 1. The molecule has 10 nitrogen and oxygen atoms in total. The molecule has 0 radical (unpaired) electrons. The first-order chi connectivity index (χ1) is 13.4. The van der Waals surface area contributed by atoms with Gasteiger partial charge in [-0.2, -0.15) is 8.42 Å². The van der Waals surface area contributed by atoms with Gasteiger partial charge in [-0.05, 0) is 30.5 Å². The fourth-order valence-corrected chi connectivity index (χ4v) is 4.76. The van der Waals surface area contributed by atoms with E-state index in [4.69, 9.17) is 5.73 Å². The topological polar surface area (TPSA) is 158 Å². The molecular weight excluding hydrogens is 425 g/mol. The van der Waals surface area contributed by atoms with Crippen molar-refractivity contribution in [2.45, 2.75) is 31.7 Å². The Morgan fingerprint density at radius 3 is 2.47 bits per heavy atom. The number of nitrogens with two attached hydrogens (primary N) is 1. The maximum absolute atomic E-state index is 13.1. The number of benzene rings is 1. The van der Waals surface area contributed by atoms with E-state index in [2.05, 4.69) is 0 Å². The number of carbonyl (C=O) groups is 3. The maximum atomic E-state index is 13.1. The molecule has 2 atom stereocenters. The van der Waals surface area contributed by atoms with E-state index in [1.165, 1.54) is 31.3 Å². The number of aryl methyl sites for hydroxylation is 1. The number of hydrogen-bond acceptors (Lipinski definition) is 6. The van der Waals surface area contributed by atoms with E-state index < -0.39 is 45.0 Å². The van der Waals surface area contributed by atoms with Crippen molar-refractivity contribution in [2.24, 2.45) is 5.73 Å². The summed E-state index contributed by atoms with van der Waals surface area (Å²) in [5.74, 6) is -2.62. The van der Waals surface area contributed by atoms with Crippen LogP contribution in [-0.2, 0) is 19.7 Å². The minimum absolute atomic E-state index is 0. The first kappa shape index (κ1) is 24.1. The quantitative estimate of drug-likeness (QED) is 0.329. The molecule has 2 aliphatic heterocycles. The van der Waals surface area contributed by atoms with Crippen molar-refractivity contribution in [3.05, 3.63) is 47.2 Å². The Kier molecular flexibility index (Phi) is 6.84. The molecule has 2 unspecified atom stereocenters. The van der Waals surface area contributed by atoms with Crippen molar-refractivity contribution in [2.75, 3.05) is 4.90 Å². The number of fused-ring (bicyclic) bond motifs is 2. The van der Waals surface area contributed by atoms with Gasteiger partial charge in [-0.3, -0.25) is 23.8 Å². The third-order valence-electron chi connectivity index (χ3n) is 4.86. The second-order valence-corrected chi connectivity index (χ2v) is 8.36. The number of nitrogens with zero attached hydrogens (tertiary/aromatic N) is 2. The summed E-state index contributed by atoms with van der Waals surface area (Å²) in [7, 11) is -4.90. The van der Waals surface area contributed by atoms with Gasteiger partial charge in [0, 0.05) is 19.2 Å². The molecule has 0 saturated carbocycles. The van der Waals surface area contributed by atoms with Crippen LogP contribution in [0.5, 0.6) is 5.75 Å². The SMILES string of the molecule is CC(=O)N1c2c(ccc(C)c2O)C(=O)N2C=C(/C=C/C(N)=O)CC2C1S(=O)(=O)O.[NaH]. The molecule has 156 valence electrons. The van der Waals surface area contributed by atoms with Crippen LogP contribution in [0.1, 0.15) is 29.3 Å². The molecule has 2 heterocycles. The summed E-state index contributed by atoms with van der Waals surface area (Å²) >= 11 is 0. The third kappa shape index (κ3) is 4.16. The van der Waals surface area contributed by atoms with Gasteiger partial charge in [0.25, 0.3) is 16.0 Å². The molecule has 2 aliphatic rings. The number of rotatable bonds is 3. The normalized spacial score (nSPS) is 20.9. The Hall–Kier alpha value is -2.18. The summed E-state index contributed by atoms with van der Waals surface area (Å²) in [6.07, 6.45) is 3.64. The van der Waals surface area contributed by atoms with Gasteiger partial charge in [-0.15, -0.1) is 0 Å². The number of carbonyl (C=O) groups excluding carboxylic acids is 3. The number of allylic oxidation sites excluding steroid dienone is 1. The van der Waals surface area contributed by atoms with Crippen molar-refractivity contribution in [3.8, 4) is 5.75 Å². The number of phenolic OH excluding ortho intramolecular Hbond substituents is 1. The first-order valence-corrected chi connectivity index (χ1v) is 10.0. The first-order valence-electron chi connectivity index (χ1n) is 8.53. The van der Waals surface area contributed by atoms with E-state index in [9.17, 15) is 32.5 Å². The Bertz CT molecular complexity index is 1100. The van der Waals surface area contributed by atoms with Crippen molar-refractivity contribution in [3.63, 3.8) is 0 Å². The van der Waals surface area contributed by atoms with Gasteiger partial charge in [-0.1, -0.05) is 12.1 Å². The molecule has 0 aromatic heterocycles. The molecule has 1 aromatic rings. The molecule has 0 bridgehead atoms. The molecule has 0 spiro atoms. The van der Waals surface area contributed by atoms with Crippen molar-refractivity contribution < 1.29 is 32.5 Å². The second-order valence-electron chi connectivity index (χ2n) is 6.85. The van der Waals surface area contributed by atoms with E-state index in [0.29, 0.717) is 11.1 Å². The van der Waals surface area contributed by atoms with Crippen molar-refractivity contribution >= 4 is 63.1 Å². The van der Waals surface area contributed by atoms with Crippen LogP contribution in [-0.4, -0.2) is 81.7 Å². The Labute approximate surface area is 195 Å². The summed E-state index contributed by atoms with van der Waals surface area (Å²) in [6, 6.07) is 1.65. The Balaban J connectivity index is 0.00000320. The van der Waals surface area contributed by atoms with Gasteiger partial charge < -0.3 is 15.7 Å². The second kappa shape index (κ2) is 8.52. The molecule has 4 N–H and O–H groups in total. The van der Waals surface area contributed by atoms with E-state index in [1.807, 2.05) is 0 Å². The minimum atomic E-state index is -4.90. The van der Waals surface area contributed by atoms with Gasteiger partial charge in [0.2, 0.25) is 11.8 Å². The van der Waals surface area contributed by atoms with Crippen LogP contribution in [0.3, 0.4) is 0 Å². The van der Waals surface area contributed by atoms with Crippen LogP contribution >= 0.6 is 0 Å². The summed E-state index contributed by atoms with van der Waals surface area (Å²) in [4.78, 5) is 38.4. The van der Waals surface area contributed by atoms with Crippen molar-refractivity contribution in [1.82, 2.24) is 4.90 Å². The molecule has 0 saturated heterocycles. The average molecular weight is 445 g/mol. The number of hydrogen-bond donors (Lipinski definition) is 3. The Morgan fingerprint density at radius 1 is 1.30 bits per heavy atom. The zero-order valence-electron chi connectivity index (χ0n) is 15.6.